The molecule has 0 spiro atoms. The number of benzene rings is 1. The second-order valence-corrected chi connectivity index (χ2v) is 4.53. The van der Waals surface area contributed by atoms with Gasteiger partial charge in [0.05, 0.1) is 17.4 Å². The van der Waals surface area contributed by atoms with Gasteiger partial charge in [-0.1, -0.05) is 6.07 Å². The van der Waals surface area contributed by atoms with Crippen molar-refractivity contribution in [2.24, 2.45) is 12.9 Å². The van der Waals surface area contributed by atoms with Gasteiger partial charge in [-0.15, -0.1) is 0 Å². The van der Waals surface area contributed by atoms with Crippen LogP contribution in [0.1, 0.15) is 28.6 Å². The molecule has 0 saturated carbocycles. The normalized spacial score (nSPS) is 12.7. The van der Waals surface area contributed by atoms with E-state index in [1.54, 1.807) is 31.6 Å². The lowest BCUT2D eigenvalue weighted by Gasteiger charge is -2.18. The molecular weight excluding hydrogens is 250 g/mol. The molecule has 0 aliphatic rings. The molecule has 0 aliphatic carbocycles. The first-order valence-corrected chi connectivity index (χ1v) is 5.87. The fourth-order valence-corrected chi connectivity index (χ4v) is 2.16. The number of nitrogens with one attached hydrogen (secondary N) is 1. The fourth-order valence-electron chi connectivity index (χ4n) is 2.16. The highest BCUT2D eigenvalue weighted by Gasteiger charge is 2.24. The monoisotopic (exact) mass is 266 g/mol. The van der Waals surface area contributed by atoms with Crippen molar-refractivity contribution < 1.29 is 8.78 Å². The predicted octanol–water partition coefficient (Wildman–Crippen LogP) is 1.87. The number of halogens is 2. The van der Waals surface area contributed by atoms with Crippen molar-refractivity contribution in [1.82, 2.24) is 15.2 Å². The number of rotatable bonds is 3. The Bertz CT molecular complexity index is 607. The molecule has 6 heteroatoms. The SMILES string of the molecule is Cc1cc(C(NN)c2c(F)ccc(C)c2F)n(C)n1. The maximum atomic E-state index is 14.2. The van der Waals surface area contributed by atoms with Crippen molar-refractivity contribution in [3.63, 3.8) is 0 Å². The Hall–Kier alpha value is -1.79. The summed E-state index contributed by atoms with van der Waals surface area (Å²) in [6.07, 6.45) is 0. The summed E-state index contributed by atoms with van der Waals surface area (Å²) < 4.78 is 29.6. The highest BCUT2D eigenvalue weighted by Crippen LogP contribution is 2.28. The Morgan fingerprint density at radius 2 is 2.00 bits per heavy atom. The zero-order chi connectivity index (χ0) is 14.2. The van der Waals surface area contributed by atoms with Gasteiger partial charge in [0.15, 0.2) is 0 Å². The number of aryl methyl sites for hydroxylation is 3. The van der Waals surface area contributed by atoms with Crippen molar-refractivity contribution in [3.8, 4) is 0 Å². The quantitative estimate of drug-likeness (QED) is 0.658. The number of aromatic nitrogens is 2. The number of nitrogens with two attached hydrogens (primary N) is 1. The van der Waals surface area contributed by atoms with Crippen molar-refractivity contribution >= 4 is 0 Å². The molecule has 2 rings (SSSR count). The van der Waals surface area contributed by atoms with E-state index in [0.29, 0.717) is 11.3 Å². The van der Waals surface area contributed by atoms with Crippen LogP contribution in [0, 0.1) is 25.5 Å². The minimum atomic E-state index is -0.786. The van der Waals surface area contributed by atoms with Crippen LogP contribution in [-0.4, -0.2) is 9.78 Å². The standard InChI is InChI=1S/C13H16F2N4/c1-7-4-5-9(14)11(12(7)15)13(17-16)10-6-8(2)18-19(10)3/h4-6,13,17H,16H2,1-3H3. The number of hydrogen-bond donors (Lipinski definition) is 2. The first kappa shape index (κ1) is 13.6. The van der Waals surface area contributed by atoms with Gasteiger partial charge in [-0.25, -0.2) is 14.2 Å². The zero-order valence-electron chi connectivity index (χ0n) is 11.0. The molecule has 0 amide bonds. The molecule has 4 nitrogen and oxygen atoms in total. The molecule has 2 aromatic rings. The largest absolute Gasteiger partial charge is 0.271 e. The van der Waals surface area contributed by atoms with Crippen molar-refractivity contribution in [2.45, 2.75) is 19.9 Å². The lowest BCUT2D eigenvalue weighted by molar-refractivity contribution is 0.490. The summed E-state index contributed by atoms with van der Waals surface area (Å²) >= 11 is 0. The molecule has 102 valence electrons. The Labute approximate surface area is 110 Å². The van der Waals surface area contributed by atoms with Crippen molar-refractivity contribution in [3.05, 3.63) is 52.3 Å². The average Bonchev–Trinajstić information content (AvgIpc) is 2.69. The van der Waals surface area contributed by atoms with Crippen LogP contribution >= 0.6 is 0 Å². The van der Waals surface area contributed by atoms with Gasteiger partial charge in [0.25, 0.3) is 0 Å². The Morgan fingerprint density at radius 3 is 2.53 bits per heavy atom. The van der Waals surface area contributed by atoms with Crippen molar-refractivity contribution in [2.75, 3.05) is 0 Å². The minimum Gasteiger partial charge on any atom is -0.271 e. The summed E-state index contributed by atoms with van der Waals surface area (Å²) in [4.78, 5) is 0. The molecular formula is C13H16F2N4. The van der Waals surface area contributed by atoms with Crippen LogP contribution in [0.15, 0.2) is 18.2 Å². The summed E-state index contributed by atoms with van der Waals surface area (Å²) in [5, 5.41) is 4.16. The van der Waals surface area contributed by atoms with E-state index in [0.717, 1.165) is 5.69 Å². The van der Waals surface area contributed by atoms with Crippen LogP contribution in [0.2, 0.25) is 0 Å². The van der Waals surface area contributed by atoms with Crippen LogP contribution in [0.25, 0.3) is 0 Å². The first-order valence-electron chi connectivity index (χ1n) is 5.87. The van der Waals surface area contributed by atoms with Crippen LogP contribution in [0.3, 0.4) is 0 Å². The van der Waals surface area contributed by atoms with Gasteiger partial charge in [0.2, 0.25) is 0 Å². The molecule has 1 aromatic heterocycles. The molecule has 1 atom stereocenters. The molecule has 0 radical (unpaired) electrons. The van der Waals surface area contributed by atoms with Crippen LogP contribution < -0.4 is 11.3 Å². The van der Waals surface area contributed by atoms with Gasteiger partial charge in [-0.2, -0.15) is 5.10 Å². The van der Waals surface area contributed by atoms with Crippen LogP contribution in [-0.2, 0) is 7.05 Å². The summed E-state index contributed by atoms with van der Waals surface area (Å²) in [6.45, 7) is 3.39. The maximum absolute atomic E-state index is 14.2. The number of hydrogen-bond acceptors (Lipinski definition) is 3. The third-order valence-electron chi connectivity index (χ3n) is 3.11. The first-order chi connectivity index (χ1) is 8.95. The van der Waals surface area contributed by atoms with E-state index < -0.39 is 17.7 Å². The molecule has 1 aromatic carbocycles. The molecule has 1 unspecified atom stereocenters. The number of nitrogens with zero attached hydrogens (tertiary/aromatic N) is 2. The second-order valence-electron chi connectivity index (χ2n) is 4.53. The van der Waals surface area contributed by atoms with Gasteiger partial charge in [0, 0.05) is 12.6 Å². The Morgan fingerprint density at radius 1 is 1.32 bits per heavy atom. The molecule has 0 saturated heterocycles. The Kier molecular flexibility index (Phi) is 3.64. The lowest BCUT2D eigenvalue weighted by Crippen LogP contribution is -2.32. The minimum absolute atomic E-state index is 0.0921. The van der Waals surface area contributed by atoms with E-state index in [9.17, 15) is 8.78 Å². The third-order valence-corrected chi connectivity index (χ3v) is 3.11. The van der Waals surface area contributed by atoms with Gasteiger partial charge in [0.1, 0.15) is 11.6 Å². The molecule has 0 bridgehead atoms. The number of hydrazine groups is 1. The van der Waals surface area contributed by atoms with E-state index in [1.165, 1.54) is 12.1 Å². The van der Waals surface area contributed by atoms with Gasteiger partial charge >= 0.3 is 0 Å². The van der Waals surface area contributed by atoms with Gasteiger partial charge < -0.3 is 0 Å². The molecule has 19 heavy (non-hydrogen) atoms. The van der Waals surface area contributed by atoms with Crippen LogP contribution in [0.5, 0.6) is 0 Å². The van der Waals surface area contributed by atoms with Crippen molar-refractivity contribution in [1.29, 1.82) is 0 Å². The van der Waals surface area contributed by atoms with E-state index in [1.807, 2.05) is 0 Å². The second kappa shape index (κ2) is 5.07. The summed E-state index contributed by atoms with van der Waals surface area (Å²) in [6, 6.07) is 3.59. The predicted molar refractivity (Wildman–Crippen MR) is 68.2 cm³/mol. The molecule has 1 heterocycles. The highest BCUT2D eigenvalue weighted by molar-refractivity contribution is 5.34. The third kappa shape index (κ3) is 2.36. The summed E-state index contributed by atoms with van der Waals surface area (Å²) in [5.74, 6) is 4.25. The van der Waals surface area contributed by atoms with E-state index in [2.05, 4.69) is 10.5 Å². The van der Waals surface area contributed by atoms with E-state index in [-0.39, 0.29) is 5.56 Å². The molecule has 3 N–H and O–H groups in total. The van der Waals surface area contributed by atoms with Gasteiger partial charge in [-0.05, 0) is 31.5 Å². The lowest BCUT2D eigenvalue weighted by atomic mass is 10.00. The average molecular weight is 266 g/mol. The maximum Gasteiger partial charge on any atom is 0.134 e. The van der Waals surface area contributed by atoms with Gasteiger partial charge in [-0.3, -0.25) is 10.5 Å². The van der Waals surface area contributed by atoms with Crippen LogP contribution in [0.4, 0.5) is 8.78 Å². The molecule has 0 fully saturated rings. The molecule has 0 aliphatic heterocycles. The smallest absolute Gasteiger partial charge is 0.134 e. The topological polar surface area (TPSA) is 55.9 Å². The van der Waals surface area contributed by atoms with E-state index in [4.69, 9.17) is 5.84 Å². The summed E-state index contributed by atoms with van der Waals surface area (Å²) in [7, 11) is 1.71. The fraction of sp³-hybridized carbons (Fsp3) is 0.308. The Balaban J connectivity index is 2.61. The van der Waals surface area contributed by atoms with E-state index >= 15 is 0 Å². The highest BCUT2D eigenvalue weighted by atomic mass is 19.1. The summed E-state index contributed by atoms with van der Waals surface area (Å²) in [5.41, 5.74) is 4.09. The zero-order valence-corrected chi connectivity index (χ0v) is 11.0.